The highest BCUT2D eigenvalue weighted by molar-refractivity contribution is 5.79. The molecule has 0 bridgehead atoms. The molecule has 2 N–H and O–H groups in total. The van der Waals surface area contributed by atoms with Gasteiger partial charge in [0.1, 0.15) is 0 Å². The molecule has 1 atom stereocenters. The normalized spacial score (nSPS) is 19.4. The Kier molecular flexibility index (Phi) is 11.1. The number of nitrogens with one attached hydrogen (secondary N) is 2. The maximum atomic E-state index is 5.21. The van der Waals surface area contributed by atoms with Gasteiger partial charge in [0.25, 0.3) is 0 Å². The van der Waals surface area contributed by atoms with Crippen molar-refractivity contribution in [2.45, 2.75) is 65.1 Å². The molecular formula is C19H41N5O. The van der Waals surface area contributed by atoms with Crippen LogP contribution in [0.1, 0.15) is 47.0 Å². The minimum Gasteiger partial charge on any atom is -0.383 e. The van der Waals surface area contributed by atoms with E-state index in [4.69, 9.17) is 4.74 Å². The van der Waals surface area contributed by atoms with Crippen molar-refractivity contribution in [3.63, 3.8) is 0 Å². The number of methoxy groups -OCH3 is 1. The predicted octanol–water partition coefficient (Wildman–Crippen LogP) is 1.77. The first-order valence-electron chi connectivity index (χ1n) is 9.92. The molecule has 1 heterocycles. The van der Waals surface area contributed by atoms with Gasteiger partial charge in [-0.3, -0.25) is 14.8 Å². The third-order valence-corrected chi connectivity index (χ3v) is 5.02. The van der Waals surface area contributed by atoms with E-state index in [0.717, 1.165) is 45.2 Å². The summed E-state index contributed by atoms with van der Waals surface area (Å²) in [7, 11) is 3.62. The van der Waals surface area contributed by atoms with E-state index in [0.29, 0.717) is 18.1 Å². The fourth-order valence-corrected chi connectivity index (χ4v) is 3.65. The number of rotatable bonds is 11. The second-order valence-electron chi connectivity index (χ2n) is 7.48. The predicted molar refractivity (Wildman–Crippen MR) is 107 cm³/mol. The van der Waals surface area contributed by atoms with Crippen LogP contribution in [0.3, 0.4) is 0 Å². The molecule has 0 spiro atoms. The molecule has 1 fully saturated rings. The van der Waals surface area contributed by atoms with Crippen LogP contribution < -0.4 is 10.6 Å². The number of nitrogens with zero attached hydrogens (tertiary/aromatic N) is 3. The maximum Gasteiger partial charge on any atom is 0.191 e. The fraction of sp³-hybridized carbons (Fsp3) is 0.947. The van der Waals surface area contributed by atoms with Crippen molar-refractivity contribution in [1.82, 2.24) is 20.4 Å². The summed E-state index contributed by atoms with van der Waals surface area (Å²) >= 11 is 0. The molecule has 0 radical (unpaired) electrons. The Morgan fingerprint density at radius 3 is 2.56 bits per heavy atom. The van der Waals surface area contributed by atoms with Crippen LogP contribution >= 0.6 is 0 Å². The highest BCUT2D eigenvalue weighted by Crippen LogP contribution is 2.15. The van der Waals surface area contributed by atoms with Crippen molar-refractivity contribution in [2.75, 3.05) is 53.5 Å². The van der Waals surface area contributed by atoms with E-state index in [-0.39, 0.29) is 0 Å². The van der Waals surface area contributed by atoms with E-state index in [1.807, 2.05) is 7.05 Å². The van der Waals surface area contributed by atoms with E-state index in [2.05, 4.69) is 53.1 Å². The van der Waals surface area contributed by atoms with Gasteiger partial charge in [-0.2, -0.15) is 0 Å². The summed E-state index contributed by atoms with van der Waals surface area (Å²) in [5, 5.41) is 6.95. The number of hydrogen-bond acceptors (Lipinski definition) is 4. The molecule has 0 aromatic carbocycles. The Morgan fingerprint density at radius 1 is 1.24 bits per heavy atom. The molecule has 6 nitrogen and oxygen atoms in total. The second kappa shape index (κ2) is 12.5. The van der Waals surface area contributed by atoms with Crippen LogP contribution in [0.15, 0.2) is 4.99 Å². The van der Waals surface area contributed by atoms with Crippen molar-refractivity contribution in [3.8, 4) is 0 Å². The van der Waals surface area contributed by atoms with Gasteiger partial charge < -0.3 is 15.4 Å². The first-order valence-corrected chi connectivity index (χ1v) is 9.92. The molecule has 0 aliphatic carbocycles. The van der Waals surface area contributed by atoms with E-state index >= 15 is 0 Å². The van der Waals surface area contributed by atoms with Crippen molar-refractivity contribution in [2.24, 2.45) is 4.99 Å². The Labute approximate surface area is 155 Å². The van der Waals surface area contributed by atoms with Gasteiger partial charge in [0.05, 0.1) is 6.61 Å². The van der Waals surface area contributed by atoms with Gasteiger partial charge in [-0.25, -0.2) is 0 Å². The molecule has 0 aromatic heterocycles. The zero-order valence-electron chi connectivity index (χ0n) is 17.3. The topological polar surface area (TPSA) is 52.1 Å². The molecule has 148 valence electrons. The Bertz CT molecular complexity index is 365. The van der Waals surface area contributed by atoms with Gasteiger partial charge >= 0.3 is 0 Å². The largest absolute Gasteiger partial charge is 0.383 e. The summed E-state index contributed by atoms with van der Waals surface area (Å²) in [6, 6.07) is 1.78. The van der Waals surface area contributed by atoms with Crippen LogP contribution in [0.25, 0.3) is 0 Å². The molecule has 0 aromatic rings. The molecule has 0 amide bonds. The van der Waals surface area contributed by atoms with Crippen LogP contribution in [-0.4, -0.2) is 87.4 Å². The molecule has 0 saturated carbocycles. The zero-order chi connectivity index (χ0) is 18.7. The first-order chi connectivity index (χ1) is 12.0. The number of aliphatic imine (C=N–C) groups is 1. The van der Waals surface area contributed by atoms with Crippen molar-refractivity contribution >= 4 is 5.96 Å². The van der Waals surface area contributed by atoms with Gasteiger partial charge in [-0.1, -0.05) is 0 Å². The summed E-state index contributed by atoms with van der Waals surface area (Å²) in [4.78, 5) is 9.41. The highest BCUT2D eigenvalue weighted by atomic mass is 16.5. The zero-order valence-corrected chi connectivity index (χ0v) is 17.3. The van der Waals surface area contributed by atoms with E-state index in [9.17, 15) is 0 Å². The van der Waals surface area contributed by atoms with Crippen LogP contribution in [0.2, 0.25) is 0 Å². The summed E-state index contributed by atoms with van der Waals surface area (Å²) in [5.74, 6) is 0.916. The maximum absolute atomic E-state index is 5.21. The van der Waals surface area contributed by atoms with Crippen molar-refractivity contribution in [3.05, 3.63) is 0 Å². The quantitative estimate of drug-likeness (QED) is 0.336. The molecule has 1 aliphatic heterocycles. The Balaban J connectivity index is 2.26. The lowest BCUT2D eigenvalue weighted by molar-refractivity contribution is 0.141. The van der Waals surface area contributed by atoms with Crippen LogP contribution in [0.4, 0.5) is 0 Å². The van der Waals surface area contributed by atoms with Crippen molar-refractivity contribution < 1.29 is 4.74 Å². The first kappa shape index (κ1) is 22.2. The standard InChI is InChI=1S/C19H41N5O/c1-16(2)24(17(3)4)12-8-10-21-19(20-5)22-15-18-9-7-11-23(18)13-14-25-6/h16-18H,7-15H2,1-6H3,(H2,20,21,22). The second-order valence-corrected chi connectivity index (χ2v) is 7.48. The summed E-state index contributed by atoms with van der Waals surface area (Å²) in [6.45, 7) is 15.1. The molecule has 1 saturated heterocycles. The fourth-order valence-electron chi connectivity index (χ4n) is 3.65. The number of guanidine groups is 1. The van der Waals surface area contributed by atoms with E-state index in [1.54, 1.807) is 7.11 Å². The number of hydrogen-bond donors (Lipinski definition) is 2. The molecule has 1 unspecified atom stereocenters. The van der Waals surface area contributed by atoms with E-state index in [1.165, 1.54) is 19.4 Å². The third-order valence-electron chi connectivity index (χ3n) is 5.02. The van der Waals surface area contributed by atoms with Gasteiger partial charge in [0.2, 0.25) is 0 Å². The lowest BCUT2D eigenvalue weighted by atomic mass is 10.2. The van der Waals surface area contributed by atoms with Gasteiger partial charge in [0.15, 0.2) is 5.96 Å². The van der Waals surface area contributed by atoms with Crippen LogP contribution in [0.5, 0.6) is 0 Å². The number of ether oxygens (including phenoxy) is 1. The average Bonchev–Trinajstić information content (AvgIpc) is 3.02. The monoisotopic (exact) mass is 355 g/mol. The summed E-state index contributed by atoms with van der Waals surface area (Å²) in [5.41, 5.74) is 0. The summed E-state index contributed by atoms with van der Waals surface area (Å²) in [6.07, 6.45) is 3.66. The molecule has 6 heteroatoms. The molecule has 25 heavy (non-hydrogen) atoms. The van der Waals surface area contributed by atoms with Gasteiger partial charge in [-0.05, 0) is 53.5 Å². The highest BCUT2D eigenvalue weighted by Gasteiger charge is 2.23. The Morgan fingerprint density at radius 2 is 1.96 bits per heavy atom. The van der Waals surface area contributed by atoms with Gasteiger partial charge in [0, 0.05) is 58.5 Å². The van der Waals surface area contributed by atoms with Gasteiger partial charge in [-0.15, -0.1) is 0 Å². The Hall–Kier alpha value is -0.850. The van der Waals surface area contributed by atoms with Crippen LogP contribution in [0, 0.1) is 0 Å². The third kappa shape index (κ3) is 8.38. The SMILES string of the molecule is CN=C(NCCCN(C(C)C)C(C)C)NCC1CCCN1CCOC. The summed E-state index contributed by atoms with van der Waals surface area (Å²) < 4.78 is 5.21. The van der Waals surface area contributed by atoms with Crippen molar-refractivity contribution in [1.29, 1.82) is 0 Å². The number of likely N-dealkylation sites (tertiary alicyclic amines) is 1. The smallest absolute Gasteiger partial charge is 0.191 e. The lowest BCUT2D eigenvalue weighted by Crippen LogP contribution is -2.46. The minimum absolute atomic E-state index is 0.589. The van der Waals surface area contributed by atoms with Crippen LogP contribution in [-0.2, 0) is 4.74 Å². The average molecular weight is 356 g/mol. The lowest BCUT2D eigenvalue weighted by Gasteiger charge is -2.30. The van der Waals surface area contributed by atoms with E-state index < -0.39 is 0 Å². The molecular weight excluding hydrogens is 314 g/mol. The molecule has 1 rings (SSSR count). The molecule has 1 aliphatic rings. The minimum atomic E-state index is 0.589.